The number of aliphatic hydroxyl groups excluding tert-OH is 1. The molecule has 6 heteroatoms. The summed E-state index contributed by atoms with van der Waals surface area (Å²) in [6, 6.07) is 4.26. The lowest BCUT2D eigenvalue weighted by Gasteiger charge is -2.14. The second kappa shape index (κ2) is 6.93. The molecule has 0 heterocycles. The largest absolute Gasteiger partial charge is 0.409 e. The van der Waals surface area contributed by atoms with Gasteiger partial charge in [-0.05, 0) is 31.0 Å². The molecule has 0 saturated heterocycles. The van der Waals surface area contributed by atoms with Crippen LogP contribution in [0, 0.1) is 5.82 Å². The minimum absolute atomic E-state index is 0.102. The van der Waals surface area contributed by atoms with E-state index in [0.29, 0.717) is 18.5 Å². The lowest BCUT2D eigenvalue weighted by Crippen LogP contribution is -2.28. The highest BCUT2D eigenvalue weighted by atomic mass is 19.1. The van der Waals surface area contributed by atoms with E-state index in [-0.39, 0.29) is 18.5 Å². The van der Waals surface area contributed by atoms with E-state index in [1.807, 2.05) is 6.92 Å². The lowest BCUT2D eigenvalue weighted by atomic mass is 10.1. The van der Waals surface area contributed by atoms with Crippen LogP contribution < -0.4 is 11.1 Å². The Kier molecular flexibility index (Phi) is 5.54. The molecule has 0 aliphatic heterocycles. The lowest BCUT2D eigenvalue weighted by molar-refractivity contribution is 0.268. The topological polar surface area (TPSA) is 90.9 Å². The van der Waals surface area contributed by atoms with Gasteiger partial charge in [-0.3, -0.25) is 0 Å². The number of rotatable bonds is 6. The first-order valence-electron chi connectivity index (χ1n) is 5.69. The smallest absolute Gasteiger partial charge is 0.170 e. The van der Waals surface area contributed by atoms with Gasteiger partial charge in [0.15, 0.2) is 5.84 Å². The fourth-order valence-electron chi connectivity index (χ4n) is 1.58. The third kappa shape index (κ3) is 3.97. The Bertz CT molecular complexity index is 424. The molecule has 0 aliphatic rings. The molecule has 5 nitrogen and oxygen atoms in total. The van der Waals surface area contributed by atoms with Crippen LogP contribution >= 0.6 is 0 Å². The van der Waals surface area contributed by atoms with E-state index in [0.717, 1.165) is 5.56 Å². The summed E-state index contributed by atoms with van der Waals surface area (Å²) >= 11 is 0. The summed E-state index contributed by atoms with van der Waals surface area (Å²) in [5.74, 6) is -0.565. The monoisotopic (exact) mass is 255 g/mol. The zero-order chi connectivity index (χ0) is 13.5. The number of nitrogens with one attached hydrogen (secondary N) is 1. The molecule has 0 saturated carbocycles. The SMILES string of the molecule is CC(CCO)NCc1ccc(F)cc1/C(N)=N/O. The van der Waals surface area contributed by atoms with Crippen LogP contribution in [0.2, 0.25) is 0 Å². The zero-order valence-electron chi connectivity index (χ0n) is 10.2. The predicted molar refractivity (Wildman–Crippen MR) is 66.9 cm³/mol. The van der Waals surface area contributed by atoms with Gasteiger partial charge in [0.1, 0.15) is 5.82 Å². The number of nitrogens with two attached hydrogens (primary N) is 1. The first kappa shape index (κ1) is 14.4. The number of amidine groups is 1. The molecule has 1 rings (SSSR count). The van der Waals surface area contributed by atoms with E-state index in [2.05, 4.69) is 10.5 Å². The Morgan fingerprint density at radius 2 is 2.28 bits per heavy atom. The fourth-order valence-corrected chi connectivity index (χ4v) is 1.58. The molecule has 1 aromatic rings. The van der Waals surface area contributed by atoms with Gasteiger partial charge in [0, 0.05) is 24.8 Å². The number of benzene rings is 1. The molecule has 0 aromatic heterocycles. The second-order valence-corrected chi connectivity index (χ2v) is 4.08. The van der Waals surface area contributed by atoms with E-state index in [4.69, 9.17) is 16.0 Å². The van der Waals surface area contributed by atoms with Crippen molar-refractivity contribution in [2.75, 3.05) is 6.61 Å². The standard InChI is InChI=1S/C12H18FN3O2/c1-8(4-5-17)15-7-9-2-3-10(13)6-11(9)12(14)16-18/h2-3,6,8,15,17-18H,4-5,7H2,1H3,(H2,14,16). The third-order valence-electron chi connectivity index (χ3n) is 2.66. The van der Waals surface area contributed by atoms with Crippen molar-refractivity contribution in [2.45, 2.75) is 25.9 Å². The summed E-state index contributed by atoms with van der Waals surface area (Å²) < 4.78 is 13.1. The van der Waals surface area contributed by atoms with Gasteiger partial charge in [-0.2, -0.15) is 0 Å². The quantitative estimate of drug-likeness (QED) is 0.262. The van der Waals surface area contributed by atoms with Crippen molar-refractivity contribution in [3.8, 4) is 0 Å². The van der Waals surface area contributed by atoms with Crippen molar-refractivity contribution in [3.05, 3.63) is 35.1 Å². The van der Waals surface area contributed by atoms with E-state index < -0.39 is 5.82 Å². The van der Waals surface area contributed by atoms with E-state index >= 15 is 0 Å². The van der Waals surface area contributed by atoms with E-state index in [1.54, 1.807) is 6.07 Å². The van der Waals surface area contributed by atoms with Crippen molar-refractivity contribution < 1.29 is 14.7 Å². The van der Waals surface area contributed by atoms with E-state index in [9.17, 15) is 4.39 Å². The molecule has 5 N–H and O–H groups in total. The van der Waals surface area contributed by atoms with Crippen LogP contribution in [0.25, 0.3) is 0 Å². The van der Waals surface area contributed by atoms with Gasteiger partial charge in [0.05, 0.1) is 0 Å². The molecule has 18 heavy (non-hydrogen) atoms. The highest BCUT2D eigenvalue weighted by Crippen LogP contribution is 2.11. The highest BCUT2D eigenvalue weighted by molar-refractivity contribution is 5.98. The average molecular weight is 255 g/mol. The Hall–Kier alpha value is -1.66. The Labute approximate surface area is 105 Å². The Morgan fingerprint density at radius 1 is 1.56 bits per heavy atom. The molecule has 0 bridgehead atoms. The molecule has 0 aliphatic carbocycles. The van der Waals surface area contributed by atoms with Crippen molar-refractivity contribution in [3.63, 3.8) is 0 Å². The minimum atomic E-state index is -0.441. The number of hydrogen-bond donors (Lipinski definition) is 4. The maximum atomic E-state index is 13.1. The number of nitrogens with zero attached hydrogens (tertiary/aromatic N) is 1. The summed E-state index contributed by atoms with van der Waals surface area (Å²) in [7, 11) is 0. The number of halogens is 1. The van der Waals surface area contributed by atoms with Crippen LogP contribution in [0.15, 0.2) is 23.4 Å². The maximum absolute atomic E-state index is 13.1. The van der Waals surface area contributed by atoms with Crippen molar-refractivity contribution in [1.82, 2.24) is 5.32 Å². The Balaban J connectivity index is 2.82. The third-order valence-corrected chi connectivity index (χ3v) is 2.66. The molecular weight excluding hydrogens is 237 g/mol. The van der Waals surface area contributed by atoms with Gasteiger partial charge >= 0.3 is 0 Å². The summed E-state index contributed by atoms with van der Waals surface area (Å²) in [4.78, 5) is 0. The molecule has 1 atom stereocenters. The molecule has 1 unspecified atom stereocenters. The maximum Gasteiger partial charge on any atom is 0.170 e. The van der Waals surface area contributed by atoms with Crippen LogP contribution in [-0.4, -0.2) is 28.8 Å². The molecule has 1 aromatic carbocycles. The average Bonchev–Trinajstić information content (AvgIpc) is 2.36. The highest BCUT2D eigenvalue weighted by Gasteiger charge is 2.09. The normalized spacial score (nSPS) is 13.6. The van der Waals surface area contributed by atoms with Crippen LogP contribution in [0.1, 0.15) is 24.5 Å². The Morgan fingerprint density at radius 3 is 2.89 bits per heavy atom. The summed E-state index contributed by atoms with van der Waals surface area (Å²) in [5.41, 5.74) is 6.59. The van der Waals surface area contributed by atoms with Gasteiger partial charge in [-0.25, -0.2) is 4.39 Å². The van der Waals surface area contributed by atoms with Gasteiger partial charge in [0.25, 0.3) is 0 Å². The number of oxime groups is 1. The summed E-state index contributed by atoms with van der Waals surface area (Å²) in [6.45, 7) is 2.49. The van der Waals surface area contributed by atoms with Crippen molar-refractivity contribution >= 4 is 5.84 Å². The summed E-state index contributed by atoms with van der Waals surface area (Å²) in [6.07, 6.45) is 0.625. The van der Waals surface area contributed by atoms with Crippen LogP contribution in [0.3, 0.4) is 0 Å². The van der Waals surface area contributed by atoms with E-state index in [1.165, 1.54) is 12.1 Å². The number of aliphatic hydroxyl groups is 1. The first-order valence-corrected chi connectivity index (χ1v) is 5.69. The van der Waals surface area contributed by atoms with Gasteiger partial charge < -0.3 is 21.4 Å². The fraction of sp³-hybridized carbons (Fsp3) is 0.417. The van der Waals surface area contributed by atoms with Gasteiger partial charge in [-0.1, -0.05) is 11.2 Å². The van der Waals surface area contributed by atoms with Crippen LogP contribution in [0.5, 0.6) is 0 Å². The molecule has 100 valence electrons. The number of hydrogen-bond acceptors (Lipinski definition) is 4. The first-order chi connectivity index (χ1) is 8.58. The zero-order valence-corrected chi connectivity index (χ0v) is 10.2. The molecule has 0 spiro atoms. The second-order valence-electron chi connectivity index (χ2n) is 4.08. The van der Waals surface area contributed by atoms with Crippen LogP contribution in [0.4, 0.5) is 4.39 Å². The minimum Gasteiger partial charge on any atom is -0.409 e. The predicted octanol–water partition coefficient (Wildman–Crippen LogP) is 0.781. The van der Waals surface area contributed by atoms with Gasteiger partial charge in [0.2, 0.25) is 0 Å². The molecular formula is C12H18FN3O2. The van der Waals surface area contributed by atoms with Crippen molar-refractivity contribution in [1.29, 1.82) is 0 Å². The molecule has 0 radical (unpaired) electrons. The molecule has 0 fully saturated rings. The summed E-state index contributed by atoms with van der Waals surface area (Å²) in [5, 5.41) is 23.5. The van der Waals surface area contributed by atoms with Crippen LogP contribution in [-0.2, 0) is 6.54 Å². The molecule has 0 amide bonds. The van der Waals surface area contributed by atoms with Crippen molar-refractivity contribution in [2.24, 2.45) is 10.9 Å². The van der Waals surface area contributed by atoms with Gasteiger partial charge in [-0.15, -0.1) is 0 Å².